The van der Waals surface area contributed by atoms with Gasteiger partial charge in [0.05, 0.1) is 12.7 Å². The van der Waals surface area contributed by atoms with E-state index >= 15 is 0 Å². The van der Waals surface area contributed by atoms with Gasteiger partial charge in [0, 0.05) is 17.4 Å². The monoisotopic (exact) mass is 398 g/mol. The zero-order valence-corrected chi connectivity index (χ0v) is 17.2. The number of nitrogens with one attached hydrogen (secondary N) is 1. The Morgan fingerprint density at radius 3 is 2.62 bits per heavy atom. The fourth-order valence-electron chi connectivity index (χ4n) is 3.84. The van der Waals surface area contributed by atoms with E-state index < -0.39 is 11.9 Å². The Labute approximate surface area is 170 Å². The first kappa shape index (κ1) is 20.6. The summed E-state index contributed by atoms with van der Waals surface area (Å²) in [5.74, 6) is -1.45. The van der Waals surface area contributed by atoms with Crippen LogP contribution in [0.4, 0.5) is 5.69 Å². The van der Waals surface area contributed by atoms with Crippen molar-refractivity contribution in [2.45, 2.75) is 46.1 Å². The average Bonchev–Trinajstić information content (AvgIpc) is 3.07. The first-order valence-corrected chi connectivity index (χ1v) is 9.75. The lowest BCUT2D eigenvalue weighted by Gasteiger charge is -2.35. The van der Waals surface area contributed by atoms with Gasteiger partial charge in [-0.1, -0.05) is 25.1 Å². The van der Waals surface area contributed by atoms with E-state index in [1.165, 1.54) is 7.11 Å². The summed E-state index contributed by atoms with van der Waals surface area (Å²) in [7, 11) is 1.29. The number of fused-ring (bicyclic) bond motifs is 1. The molecule has 7 heteroatoms. The minimum absolute atomic E-state index is 0.0287. The van der Waals surface area contributed by atoms with Crippen LogP contribution in [-0.4, -0.2) is 42.6 Å². The number of aryl methyl sites for hydroxylation is 2. The van der Waals surface area contributed by atoms with Crippen molar-refractivity contribution in [3.8, 4) is 0 Å². The van der Waals surface area contributed by atoms with Crippen molar-refractivity contribution in [2.75, 3.05) is 18.6 Å². The van der Waals surface area contributed by atoms with E-state index in [9.17, 15) is 14.4 Å². The van der Waals surface area contributed by atoms with Gasteiger partial charge in [-0.25, -0.2) is 9.59 Å². The minimum Gasteiger partial charge on any atom is -0.465 e. The first-order chi connectivity index (χ1) is 13.9. The molecule has 1 aliphatic heterocycles. The fourth-order valence-corrected chi connectivity index (χ4v) is 3.84. The maximum Gasteiger partial charge on any atom is 0.355 e. The number of aromatic nitrogens is 1. The smallest absolute Gasteiger partial charge is 0.355 e. The number of amides is 1. The summed E-state index contributed by atoms with van der Waals surface area (Å²) in [4.78, 5) is 42.1. The van der Waals surface area contributed by atoms with Gasteiger partial charge in [0.2, 0.25) is 0 Å². The van der Waals surface area contributed by atoms with Crippen LogP contribution >= 0.6 is 0 Å². The SMILES string of the molecule is CCc1[nH]c(C(=O)OCC(=O)N2c3ccccc3CCC2C)c(C)c1C(=O)OC. The number of ether oxygens (including phenoxy) is 2. The lowest BCUT2D eigenvalue weighted by molar-refractivity contribution is -0.122. The third-order valence-electron chi connectivity index (χ3n) is 5.39. The van der Waals surface area contributed by atoms with Crippen molar-refractivity contribution in [2.24, 2.45) is 0 Å². The molecule has 2 aromatic rings. The molecule has 1 aromatic carbocycles. The van der Waals surface area contributed by atoms with Gasteiger partial charge in [-0.05, 0) is 50.3 Å². The molecule has 0 saturated heterocycles. The van der Waals surface area contributed by atoms with Crippen LogP contribution in [0.1, 0.15) is 57.9 Å². The van der Waals surface area contributed by atoms with Crippen molar-refractivity contribution in [1.29, 1.82) is 0 Å². The molecule has 1 aliphatic rings. The normalized spacial score (nSPS) is 15.6. The van der Waals surface area contributed by atoms with Crippen LogP contribution in [0.25, 0.3) is 0 Å². The molecule has 154 valence electrons. The highest BCUT2D eigenvalue weighted by atomic mass is 16.5. The summed E-state index contributed by atoms with van der Waals surface area (Å²) in [5.41, 5.74) is 3.55. The molecule has 0 aliphatic carbocycles. The fraction of sp³-hybridized carbons (Fsp3) is 0.409. The second-order valence-corrected chi connectivity index (χ2v) is 7.18. The summed E-state index contributed by atoms with van der Waals surface area (Å²) < 4.78 is 10.1. The molecule has 2 heterocycles. The van der Waals surface area contributed by atoms with E-state index in [1.807, 2.05) is 38.1 Å². The number of anilines is 1. The Kier molecular flexibility index (Phi) is 6.06. The third kappa shape index (κ3) is 3.90. The topological polar surface area (TPSA) is 88.7 Å². The Morgan fingerprint density at radius 2 is 1.93 bits per heavy atom. The highest BCUT2D eigenvalue weighted by Crippen LogP contribution is 2.30. The summed E-state index contributed by atoms with van der Waals surface area (Å²) >= 11 is 0. The number of carbonyl (C=O) groups is 3. The summed E-state index contributed by atoms with van der Waals surface area (Å²) in [6.07, 6.45) is 2.30. The molecule has 0 bridgehead atoms. The predicted octanol–water partition coefficient (Wildman–Crippen LogP) is 3.20. The molecule has 1 amide bonds. The number of methoxy groups -OCH3 is 1. The summed E-state index contributed by atoms with van der Waals surface area (Å²) in [6, 6.07) is 7.80. The van der Waals surface area contributed by atoms with Gasteiger partial charge in [0.25, 0.3) is 5.91 Å². The third-order valence-corrected chi connectivity index (χ3v) is 5.39. The Hall–Kier alpha value is -3.09. The Morgan fingerprint density at radius 1 is 1.21 bits per heavy atom. The number of benzene rings is 1. The van der Waals surface area contributed by atoms with Gasteiger partial charge in [-0.2, -0.15) is 0 Å². The largest absolute Gasteiger partial charge is 0.465 e. The number of aromatic amines is 1. The molecular formula is C22H26N2O5. The van der Waals surface area contributed by atoms with Crippen LogP contribution in [0.5, 0.6) is 0 Å². The van der Waals surface area contributed by atoms with E-state index in [0.717, 1.165) is 24.1 Å². The highest BCUT2D eigenvalue weighted by molar-refractivity contribution is 6.00. The van der Waals surface area contributed by atoms with E-state index in [4.69, 9.17) is 9.47 Å². The number of esters is 2. The maximum absolute atomic E-state index is 12.8. The molecule has 0 fully saturated rings. The van der Waals surface area contributed by atoms with Crippen molar-refractivity contribution in [3.63, 3.8) is 0 Å². The molecule has 0 spiro atoms. The van der Waals surface area contributed by atoms with Gasteiger partial charge in [0.1, 0.15) is 5.69 Å². The second kappa shape index (κ2) is 8.51. The van der Waals surface area contributed by atoms with Crippen molar-refractivity contribution >= 4 is 23.5 Å². The predicted molar refractivity (Wildman–Crippen MR) is 108 cm³/mol. The van der Waals surface area contributed by atoms with Gasteiger partial charge >= 0.3 is 11.9 Å². The van der Waals surface area contributed by atoms with Gasteiger partial charge < -0.3 is 19.4 Å². The van der Waals surface area contributed by atoms with Crippen molar-refractivity contribution < 1.29 is 23.9 Å². The van der Waals surface area contributed by atoms with Crippen LogP contribution < -0.4 is 4.90 Å². The quantitative estimate of drug-likeness (QED) is 0.782. The second-order valence-electron chi connectivity index (χ2n) is 7.18. The average molecular weight is 398 g/mol. The standard InChI is InChI=1S/C22H26N2O5/c1-5-16-19(21(26)28-4)14(3)20(23-16)22(27)29-12-18(25)24-13(2)10-11-15-8-6-7-9-17(15)24/h6-9,13,23H,5,10-12H2,1-4H3. The first-order valence-electron chi connectivity index (χ1n) is 9.75. The summed E-state index contributed by atoms with van der Waals surface area (Å²) in [5, 5.41) is 0. The van der Waals surface area contributed by atoms with Crippen LogP contribution in [0.3, 0.4) is 0 Å². The molecule has 3 rings (SSSR count). The van der Waals surface area contributed by atoms with E-state index in [1.54, 1.807) is 11.8 Å². The number of hydrogen-bond donors (Lipinski definition) is 1. The van der Waals surface area contributed by atoms with E-state index in [-0.39, 0.29) is 24.2 Å². The lowest BCUT2D eigenvalue weighted by atomic mass is 9.96. The van der Waals surface area contributed by atoms with Crippen molar-refractivity contribution in [3.05, 3.63) is 52.3 Å². The van der Waals surface area contributed by atoms with Gasteiger partial charge in [0.15, 0.2) is 6.61 Å². The molecule has 7 nitrogen and oxygen atoms in total. The molecule has 1 N–H and O–H groups in total. The Bertz CT molecular complexity index is 947. The number of H-pyrrole nitrogens is 1. The molecule has 1 atom stereocenters. The van der Waals surface area contributed by atoms with Crippen LogP contribution in [0.15, 0.2) is 24.3 Å². The van der Waals surface area contributed by atoms with Gasteiger partial charge in [-0.15, -0.1) is 0 Å². The molecule has 29 heavy (non-hydrogen) atoms. The summed E-state index contributed by atoms with van der Waals surface area (Å²) in [6.45, 7) is 5.14. The van der Waals surface area contributed by atoms with Crippen LogP contribution in [-0.2, 0) is 27.1 Å². The van der Waals surface area contributed by atoms with Gasteiger partial charge in [-0.3, -0.25) is 4.79 Å². The lowest BCUT2D eigenvalue weighted by Crippen LogP contribution is -2.44. The Balaban J connectivity index is 1.75. The van der Waals surface area contributed by atoms with Crippen molar-refractivity contribution in [1.82, 2.24) is 4.98 Å². The van der Waals surface area contributed by atoms with E-state index in [2.05, 4.69) is 4.98 Å². The minimum atomic E-state index is -0.668. The zero-order valence-electron chi connectivity index (χ0n) is 17.2. The maximum atomic E-state index is 12.8. The highest BCUT2D eigenvalue weighted by Gasteiger charge is 2.30. The number of nitrogens with zero attached hydrogens (tertiary/aromatic N) is 1. The molecule has 1 aromatic heterocycles. The zero-order chi connectivity index (χ0) is 21.1. The number of carbonyl (C=O) groups excluding carboxylic acids is 3. The van der Waals surface area contributed by atoms with Crippen LogP contribution in [0, 0.1) is 6.92 Å². The van der Waals surface area contributed by atoms with E-state index in [0.29, 0.717) is 23.2 Å². The molecular weight excluding hydrogens is 372 g/mol. The molecule has 0 saturated carbocycles. The van der Waals surface area contributed by atoms with Crippen LogP contribution in [0.2, 0.25) is 0 Å². The number of para-hydroxylation sites is 1. The molecule has 1 unspecified atom stereocenters. The molecule has 0 radical (unpaired) electrons. The number of hydrogen-bond acceptors (Lipinski definition) is 5. The number of rotatable bonds is 5.